The number of pyridine rings is 2. The maximum atomic E-state index is 12.5. The van der Waals surface area contributed by atoms with Gasteiger partial charge in [-0.2, -0.15) is 0 Å². The van der Waals surface area contributed by atoms with Crippen molar-refractivity contribution < 1.29 is 10.0 Å². The summed E-state index contributed by atoms with van der Waals surface area (Å²) in [6.07, 6.45) is 6.67. The van der Waals surface area contributed by atoms with Crippen LogP contribution in [0.5, 0.6) is 0 Å². The number of rotatable bonds is 1. The van der Waals surface area contributed by atoms with E-state index < -0.39 is 0 Å². The van der Waals surface area contributed by atoms with E-state index in [-0.39, 0.29) is 11.7 Å². The Kier molecular flexibility index (Phi) is 2.99. The van der Waals surface area contributed by atoms with Crippen LogP contribution in [0, 0.1) is 0 Å². The smallest absolute Gasteiger partial charge is 0.189 e. The summed E-state index contributed by atoms with van der Waals surface area (Å²) in [7, 11) is 0. The monoisotopic (exact) mass is 293 g/mol. The second-order valence-electron chi connectivity index (χ2n) is 5.81. The van der Waals surface area contributed by atoms with Gasteiger partial charge in [-0.15, -0.1) is 0 Å². The minimum absolute atomic E-state index is 0.0733. The van der Waals surface area contributed by atoms with Crippen molar-refractivity contribution in [1.82, 2.24) is 9.97 Å². The maximum absolute atomic E-state index is 12.5. The van der Waals surface area contributed by atoms with E-state index in [0.717, 1.165) is 41.6 Å². The molecule has 0 saturated carbocycles. The van der Waals surface area contributed by atoms with Crippen molar-refractivity contribution in [2.45, 2.75) is 31.6 Å². The molecule has 5 heteroatoms. The van der Waals surface area contributed by atoms with Crippen molar-refractivity contribution in [2.75, 3.05) is 0 Å². The number of carbonyl (C=O) groups is 1. The van der Waals surface area contributed by atoms with Gasteiger partial charge in [0.25, 0.3) is 0 Å². The lowest BCUT2D eigenvalue weighted by atomic mass is 9.89. The second-order valence-corrected chi connectivity index (χ2v) is 5.81. The van der Waals surface area contributed by atoms with Crippen LogP contribution in [0.4, 0.5) is 0 Å². The van der Waals surface area contributed by atoms with Crippen LogP contribution in [0.2, 0.25) is 0 Å². The number of nitrogens with zero attached hydrogens (tertiary/aromatic N) is 3. The van der Waals surface area contributed by atoms with Crippen molar-refractivity contribution in [1.29, 1.82) is 0 Å². The molecule has 5 nitrogen and oxygen atoms in total. The Bertz CT molecular complexity index is 798. The van der Waals surface area contributed by atoms with Gasteiger partial charge in [-0.3, -0.25) is 14.8 Å². The van der Waals surface area contributed by atoms with Gasteiger partial charge < -0.3 is 5.21 Å². The van der Waals surface area contributed by atoms with Gasteiger partial charge in [-0.25, -0.2) is 0 Å². The molecule has 2 aliphatic rings. The molecular formula is C17H15N3O2. The van der Waals surface area contributed by atoms with Crippen molar-refractivity contribution in [2.24, 2.45) is 5.16 Å². The van der Waals surface area contributed by atoms with Crippen LogP contribution in [-0.4, -0.2) is 26.7 Å². The van der Waals surface area contributed by atoms with Crippen molar-refractivity contribution in [3.63, 3.8) is 0 Å². The van der Waals surface area contributed by atoms with E-state index in [0.29, 0.717) is 17.8 Å². The van der Waals surface area contributed by atoms with Gasteiger partial charge >= 0.3 is 0 Å². The molecule has 2 aliphatic carbocycles. The molecule has 2 heterocycles. The first-order valence-electron chi connectivity index (χ1n) is 7.46. The van der Waals surface area contributed by atoms with Crippen LogP contribution in [0.3, 0.4) is 0 Å². The largest absolute Gasteiger partial charge is 0.411 e. The third kappa shape index (κ3) is 1.93. The number of Topliss-reactive ketones (excluding diaryl/α,β-unsaturated/α-hetero) is 1. The molecule has 2 aromatic rings. The lowest BCUT2D eigenvalue weighted by Crippen LogP contribution is -2.16. The Morgan fingerprint density at radius 1 is 1.18 bits per heavy atom. The molecule has 22 heavy (non-hydrogen) atoms. The summed E-state index contributed by atoms with van der Waals surface area (Å²) in [4.78, 5) is 21.2. The highest BCUT2D eigenvalue weighted by atomic mass is 16.4. The third-order valence-electron chi connectivity index (χ3n) is 4.51. The predicted molar refractivity (Wildman–Crippen MR) is 80.5 cm³/mol. The molecule has 110 valence electrons. The van der Waals surface area contributed by atoms with Crippen molar-refractivity contribution >= 4 is 11.5 Å². The number of aryl methyl sites for hydroxylation is 1. The lowest BCUT2D eigenvalue weighted by Gasteiger charge is -2.18. The van der Waals surface area contributed by atoms with Gasteiger partial charge in [-0.05, 0) is 48.4 Å². The number of ketones is 1. The Morgan fingerprint density at radius 2 is 2.09 bits per heavy atom. The molecule has 0 aliphatic heterocycles. The zero-order valence-corrected chi connectivity index (χ0v) is 12.0. The zero-order valence-electron chi connectivity index (χ0n) is 12.0. The van der Waals surface area contributed by atoms with E-state index in [1.165, 1.54) is 0 Å². The Labute approximate surface area is 127 Å². The zero-order chi connectivity index (χ0) is 15.1. The molecule has 1 unspecified atom stereocenters. The van der Waals surface area contributed by atoms with Gasteiger partial charge in [0, 0.05) is 12.4 Å². The number of oxime groups is 1. The topological polar surface area (TPSA) is 75.4 Å². The molecular weight excluding hydrogens is 278 g/mol. The number of aromatic nitrogens is 2. The molecule has 1 N–H and O–H groups in total. The van der Waals surface area contributed by atoms with E-state index in [9.17, 15) is 4.79 Å². The number of hydrogen-bond acceptors (Lipinski definition) is 5. The van der Waals surface area contributed by atoms with Gasteiger partial charge in [0.05, 0.1) is 11.6 Å². The van der Waals surface area contributed by atoms with Gasteiger partial charge in [-0.1, -0.05) is 17.3 Å². The first-order chi connectivity index (χ1) is 10.8. The summed E-state index contributed by atoms with van der Waals surface area (Å²) in [5, 5.41) is 12.4. The summed E-state index contributed by atoms with van der Waals surface area (Å²) < 4.78 is 0. The lowest BCUT2D eigenvalue weighted by molar-refractivity contribution is 0.0968. The van der Waals surface area contributed by atoms with Gasteiger partial charge in [0.1, 0.15) is 11.4 Å². The standard InChI is InChI=1S/C17H15N3O2/c21-17-13(8-11-4-2-6-18-16(11)17)12-7-10-3-1-5-14(20-22)15(10)19-9-12/h2,4,6-7,9,13,22H,1,3,5,8H2/b20-14+. The Hall–Kier alpha value is -2.56. The Balaban J connectivity index is 1.72. The highest BCUT2D eigenvalue weighted by molar-refractivity contribution is 6.04. The molecule has 0 bridgehead atoms. The van der Waals surface area contributed by atoms with Crippen molar-refractivity contribution in [3.8, 4) is 0 Å². The molecule has 2 aromatic heterocycles. The second kappa shape index (κ2) is 5.02. The van der Waals surface area contributed by atoms with Crippen LogP contribution in [0.25, 0.3) is 0 Å². The molecule has 0 radical (unpaired) electrons. The van der Waals surface area contributed by atoms with Crippen LogP contribution in [0.15, 0.2) is 35.7 Å². The number of hydrogen-bond donors (Lipinski definition) is 1. The quantitative estimate of drug-likeness (QED) is 0.647. The fourth-order valence-electron chi connectivity index (χ4n) is 3.40. The minimum Gasteiger partial charge on any atom is -0.411 e. The molecule has 4 rings (SSSR count). The molecule has 0 saturated heterocycles. The summed E-state index contributed by atoms with van der Waals surface area (Å²) in [6.45, 7) is 0. The average molecular weight is 293 g/mol. The van der Waals surface area contributed by atoms with E-state index in [1.54, 1.807) is 12.4 Å². The Morgan fingerprint density at radius 3 is 2.91 bits per heavy atom. The minimum atomic E-state index is -0.195. The van der Waals surface area contributed by atoms with Crippen molar-refractivity contribution in [3.05, 3.63) is 58.7 Å². The van der Waals surface area contributed by atoms with E-state index in [1.807, 2.05) is 18.2 Å². The molecule has 0 aromatic carbocycles. The van der Waals surface area contributed by atoms with E-state index >= 15 is 0 Å². The highest BCUT2D eigenvalue weighted by Crippen LogP contribution is 2.34. The molecule has 0 spiro atoms. The SMILES string of the molecule is O=C1c2ncccc2CC1c1cnc2c(c1)CCC/C2=N\O. The van der Waals surface area contributed by atoms with E-state index in [4.69, 9.17) is 5.21 Å². The number of fused-ring (bicyclic) bond motifs is 2. The third-order valence-corrected chi connectivity index (χ3v) is 4.51. The van der Waals surface area contributed by atoms with Crippen LogP contribution >= 0.6 is 0 Å². The molecule has 0 amide bonds. The fraction of sp³-hybridized carbons (Fsp3) is 0.294. The fourth-order valence-corrected chi connectivity index (χ4v) is 3.40. The predicted octanol–water partition coefficient (Wildman–Crippen LogP) is 2.51. The first kappa shape index (κ1) is 13.1. The van der Waals surface area contributed by atoms with Crippen LogP contribution in [0.1, 0.15) is 51.6 Å². The first-order valence-corrected chi connectivity index (χ1v) is 7.46. The summed E-state index contributed by atoms with van der Waals surface area (Å²) in [6, 6.07) is 5.87. The molecule has 0 fully saturated rings. The van der Waals surface area contributed by atoms with Crippen LogP contribution in [-0.2, 0) is 12.8 Å². The summed E-state index contributed by atoms with van der Waals surface area (Å²) in [5.41, 5.74) is 4.99. The van der Waals surface area contributed by atoms with Crippen LogP contribution < -0.4 is 0 Å². The highest BCUT2D eigenvalue weighted by Gasteiger charge is 2.33. The average Bonchev–Trinajstić information content (AvgIpc) is 2.91. The van der Waals surface area contributed by atoms with Gasteiger partial charge in [0.15, 0.2) is 5.78 Å². The van der Waals surface area contributed by atoms with Gasteiger partial charge in [0.2, 0.25) is 0 Å². The number of carbonyl (C=O) groups excluding carboxylic acids is 1. The van der Waals surface area contributed by atoms with E-state index in [2.05, 4.69) is 15.1 Å². The molecule has 1 atom stereocenters. The maximum Gasteiger partial charge on any atom is 0.189 e. The summed E-state index contributed by atoms with van der Waals surface area (Å²) >= 11 is 0. The summed E-state index contributed by atoms with van der Waals surface area (Å²) in [5.74, 6) is -0.122. The normalized spacial score (nSPS) is 21.7.